The van der Waals surface area contributed by atoms with E-state index in [2.05, 4.69) is 5.32 Å². The lowest BCUT2D eigenvalue weighted by Crippen LogP contribution is -2.52. The van der Waals surface area contributed by atoms with E-state index in [1.165, 1.54) is 28.8 Å². The molecule has 3 rings (SSSR count). The Morgan fingerprint density at radius 1 is 0.925 bits per heavy atom. The Hall–Kier alpha value is -2.72. The second-order valence-corrected chi connectivity index (χ2v) is 13.1. The molecule has 40 heavy (non-hydrogen) atoms. The molecule has 7 nitrogen and oxygen atoms in total. The molecule has 0 radical (unpaired) electrons. The zero-order valence-electron chi connectivity index (χ0n) is 23.0. The molecule has 0 bridgehead atoms. The van der Waals surface area contributed by atoms with Crippen LogP contribution in [0.3, 0.4) is 0 Å². The molecule has 1 atom stereocenters. The molecule has 1 N–H and O–H groups in total. The topological polar surface area (TPSA) is 86.8 Å². The highest BCUT2D eigenvalue weighted by Crippen LogP contribution is 2.29. The van der Waals surface area contributed by atoms with Crippen molar-refractivity contribution in [2.24, 2.45) is 0 Å². The van der Waals surface area contributed by atoms with Crippen LogP contribution in [0.15, 0.2) is 76.5 Å². The number of halogens is 2. The van der Waals surface area contributed by atoms with Crippen LogP contribution in [-0.2, 0) is 26.2 Å². The van der Waals surface area contributed by atoms with Gasteiger partial charge in [-0.3, -0.25) is 13.9 Å². The first-order valence-electron chi connectivity index (χ1n) is 12.6. The fraction of sp³-hybridized carbons (Fsp3) is 0.310. The number of rotatable bonds is 11. The third kappa shape index (κ3) is 7.72. The number of anilines is 1. The fourth-order valence-corrected chi connectivity index (χ4v) is 6.30. The van der Waals surface area contributed by atoms with E-state index in [-0.39, 0.29) is 23.4 Å². The summed E-state index contributed by atoms with van der Waals surface area (Å²) in [5.41, 5.74) is 1.72. The van der Waals surface area contributed by atoms with Gasteiger partial charge in [-0.1, -0.05) is 47.0 Å². The molecule has 0 aliphatic heterocycles. The number of carbonyl (C=O) groups is 2. The number of benzene rings is 3. The van der Waals surface area contributed by atoms with Crippen LogP contribution in [0.4, 0.5) is 5.69 Å². The summed E-state index contributed by atoms with van der Waals surface area (Å²) in [5.74, 6) is -0.976. The Morgan fingerprint density at radius 2 is 1.50 bits per heavy atom. The van der Waals surface area contributed by atoms with Gasteiger partial charge in [0.25, 0.3) is 10.0 Å². The van der Waals surface area contributed by atoms with E-state index >= 15 is 0 Å². The summed E-state index contributed by atoms with van der Waals surface area (Å²) in [5, 5.41) is 3.48. The van der Waals surface area contributed by atoms with Gasteiger partial charge in [-0.05, 0) is 82.5 Å². The second kappa shape index (κ2) is 13.8. The highest BCUT2D eigenvalue weighted by molar-refractivity contribution is 7.98. The summed E-state index contributed by atoms with van der Waals surface area (Å²) in [4.78, 5) is 29.3. The Morgan fingerprint density at radius 3 is 2.02 bits per heavy atom. The van der Waals surface area contributed by atoms with Gasteiger partial charge < -0.3 is 10.2 Å². The Labute approximate surface area is 250 Å². The van der Waals surface area contributed by atoms with Crippen molar-refractivity contribution >= 4 is 62.5 Å². The SMILES string of the molecule is CSc1ccc(S(=O)(=O)N(CC(=O)N(Cc2c(Cl)cccc2Cl)[C@H](C)C(=O)NC(C)C)c2ccc(C)cc2)cc1. The number of aryl methyl sites for hydroxylation is 1. The highest BCUT2D eigenvalue weighted by Gasteiger charge is 2.33. The van der Waals surface area contributed by atoms with Gasteiger partial charge in [-0.15, -0.1) is 11.8 Å². The molecule has 0 aliphatic rings. The van der Waals surface area contributed by atoms with Gasteiger partial charge in [0.05, 0.1) is 10.6 Å². The van der Waals surface area contributed by atoms with Crippen molar-refractivity contribution in [3.63, 3.8) is 0 Å². The molecule has 0 heterocycles. The van der Waals surface area contributed by atoms with E-state index in [4.69, 9.17) is 23.2 Å². The summed E-state index contributed by atoms with van der Waals surface area (Å²) in [6, 6.07) is 17.2. The van der Waals surface area contributed by atoms with Crippen LogP contribution in [0, 0.1) is 6.92 Å². The first-order chi connectivity index (χ1) is 18.8. The van der Waals surface area contributed by atoms with Gasteiger partial charge in [-0.2, -0.15) is 0 Å². The number of nitrogens with zero attached hydrogens (tertiary/aromatic N) is 2. The minimum absolute atomic E-state index is 0.0463. The summed E-state index contributed by atoms with van der Waals surface area (Å²) >= 11 is 14.3. The minimum atomic E-state index is -4.15. The van der Waals surface area contributed by atoms with Crippen LogP contribution in [0.5, 0.6) is 0 Å². The average Bonchev–Trinajstić information content (AvgIpc) is 2.91. The van der Waals surface area contributed by atoms with E-state index in [0.29, 0.717) is 21.3 Å². The predicted molar refractivity (Wildman–Crippen MR) is 164 cm³/mol. The lowest BCUT2D eigenvalue weighted by atomic mass is 10.1. The van der Waals surface area contributed by atoms with Crippen LogP contribution in [0.2, 0.25) is 10.0 Å². The fourth-order valence-electron chi connectivity index (χ4n) is 3.96. The van der Waals surface area contributed by atoms with Gasteiger partial charge in [0.15, 0.2) is 0 Å². The number of carbonyl (C=O) groups excluding carboxylic acids is 2. The molecule has 11 heteroatoms. The maximum atomic E-state index is 14.0. The molecule has 0 spiro atoms. The lowest BCUT2D eigenvalue weighted by Gasteiger charge is -2.32. The average molecular weight is 623 g/mol. The third-order valence-corrected chi connectivity index (χ3v) is 9.48. The number of thioether (sulfide) groups is 1. The van der Waals surface area contributed by atoms with E-state index in [0.717, 1.165) is 14.8 Å². The quantitative estimate of drug-likeness (QED) is 0.259. The first-order valence-corrected chi connectivity index (χ1v) is 16.0. The molecule has 0 saturated carbocycles. The summed E-state index contributed by atoms with van der Waals surface area (Å²) < 4.78 is 28.9. The standard InChI is InChI=1S/C29H33Cl2N3O4S2/c1-19(2)32-29(36)21(4)33(17-25-26(30)7-6-8-27(25)31)28(35)18-34(22-11-9-20(3)10-12-22)40(37,38)24-15-13-23(39-5)14-16-24/h6-16,19,21H,17-18H2,1-5H3,(H,32,36)/t21-/m1/s1. The predicted octanol–water partition coefficient (Wildman–Crippen LogP) is 6.16. The van der Waals surface area contributed by atoms with E-state index in [1.807, 2.05) is 27.0 Å². The van der Waals surface area contributed by atoms with Crippen molar-refractivity contribution in [2.75, 3.05) is 17.1 Å². The van der Waals surface area contributed by atoms with Crippen LogP contribution in [0.25, 0.3) is 0 Å². The number of nitrogens with one attached hydrogen (secondary N) is 1. The normalized spacial score (nSPS) is 12.2. The number of sulfonamides is 1. The summed E-state index contributed by atoms with van der Waals surface area (Å²) in [7, 11) is -4.15. The van der Waals surface area contributed by atoms with Gasteiger partial charge in [0.2, 0.25) is 11.8 Å². The van der Waals surface area contributed by atoms with Crippen molar-refractivity contribution in [3.8, 4) is 0 Å². The maximum Gasteiger partial charge on any atom is 0.264 e. The van der Waals surface area contributed by atoms with Crippen molar-refractivity contribution in [1.82, 2.24) is 10.2 Å². The van der Waals surface area contributed by atoms with Crippen molar-refractivity contribution in [2.45, 2.75) is 56.1 Å². The van der Waals surface area contributed by atoms with Crippen molar-refractivity contribution in [1.29, 1.82) is 0 Å². The van der Waals surface area contributed by atoms with Crippen LogP contribution >= 0.6 is 35.0 Å². The molecular weight excluding hydrogens is 589 g/mol. The monoisotopic (exact) mass is 621 g/mol. The molecule has 0 saturated heterocycles. The summed E-state index contributed by atoms with van der Waals surface area (Å²) in [6.45, 7) is 6.47. The van der Waals surface area contributed by atoms with Crippen LogP contribution < -0.4 is 9.62 Å². The molecule has 3 aromatic carbocycles. The minimum Gasteiger partial charge on any atom is -0.352 e. The van der Waals surface area contributed by atoms with E-state index < -0.39 is 28.5 Å². The van der Waals surface area contributed by atoms with Crippen LogP contribution in [-0.4, -0.2) is 50.0 Å². The number of hydrogen-bond acceptors (Lipinski definition) is 5. The molecule has 0 aromatic heterocycles. The Kier molecular flexibility index (Phi) is 10.9. The van der Waals surface area contributed by atoms with Crippen molar-refractivity contribution in [3.05, 3.63) is 87.9 Å². The van der Waals surface area contributed by atoms with Crippen LogP contribution in [0.1, 0.15) is 31.9 Å². The van der Waals surface area contributed by atoms with E-state index in [1.54, 1.807) is 61.5 Å². The largest absolute Gasteiger partial charge is 0.352 e. The van der Waals surface area contributed by atoms with Gasteiger partial charge in [0.1, 0.15) is 12.6 Å². The molecular formula is C29H33Cl2N3O4S2. The third-order valence-electron chi connectivity index (χ3n) is 6.24. The molecule has 0 unspecified atom stereocenters. The van der Waals surface area contributed by atoms with Gasteiger partial charge >= 0.3 is 0 Å². The zero-order chi connectivity index (χ0) is 29.6. The van der Waals surface area contributed by atoms with Gasteiger partial charge in [-0.25, -0.2) is 8.42 Å². The van der Waals surface area contributed by atoms with Crippen molar-refractivity contribution < 1.29 is 18.0 Å². The lowest BCUT2D eigenvalue weighted by molar-refractivity contribution is -0.139. The molecule has 0 aliphatic carbocycles. The molecule has 0 fully saturated rings. The molecule has 3 aromatic rings. The maximum absolute atomic E-state index is 14.0. The van der Waals surface area contributed by atoms with E-state index in [9.17, 15) is 18.0 Å². The number of hydrogen-bond donors (Lipinski definition) is 1. The van der Waals surface area contributed by atoms with Gasteiger partial charge in [0, 0.05) is 33.1 Å². The second-order valence-electron chi connectivity index (χ2n) is 9.58. The Bertz CT molecular complexity index is 1430. The number of amides is 2. The Balaban J connectivity index is 2.06. The molecule has 214 valence electrons. The zero-order valence-corrected chi connectivity index (χ0v) is 26.2. The highest BCUT2D eigenvalue weighted by atomic mass is 35.5. The smallest absolute Gasteiger partial charge is 0.264 e. The first kappa shape index (κ1) is 31.8. The molecule has 2 amide bonds. The summed E-state index contributed by atoms with van der Waals surface area (Å²) in [6.07, 6.45) is 1.90.